The predicted molar refractivity (Wildman–Crippen MR) is 108 cm³/mol. The molecule has 2 aromatic heterocycles. The molecule has 0 spiro atoms. The van der Waals surface area contributed by atoms with Gasteiger partial charge >= 0.3 is 0 Å². The monoisotopic (exact) mass is 388 g/mol. The van der Waals surface area contributed by atoms with Crippen LogP contribution in [0.3, 0.4) is 0 Å². The number of likely N-dealkylation sites (tertiary alicyclic amines) is 1. The van der Waals surface area contributed by atoms with Crippen LogP contribution in [0.1, 0.15) is 27.7 Å². The number of aromatic nitrogens is 4. The summed E-state index contributed by atoms with van der Waals surface area (Å²) >= 11 is 0. The van der Waals surface area contributed by atoms with Crippen LogP contribution in [-0.2, 0) is 26.1 Å². The molecule has 29 heavy (non-hydrogen) atoms. The molecule has 7 nitrogen and oxygen atoms in total. The molecule has 148 valence electrons. The van der Waals surface area contributed by atoms with Crippen molar-refractivity contribution in [3.8, 4) is 0 Å². The van der Waals surface area contributed by atoms with Crippen LogP contribution in [-0.4, -0.2) is 43.6 Å². The Morgan fingerprint density at radius 3 is 2.66 bits per heavy atom. The highest BCUT2D eigenvalue weighted by molar-refractivity contribution is 5.90. The van der Waals surface area contributed by atoms with Gasteiger partial charge in [-0.1, -0.05) is 36.4 Å². The number of carbonyl (C=O) groups excluding carboxylic acids is 1. The Morgan fingerprint density at radius 1 is 1.00 bits per heavy atom. The average molecular weight is 388 g/mol. The molecule has 0 unspecified atom stereocenters. The number of nitrogens with one attached hydrogen (secondary N) is 1. The molecule has 1 fully saturated rings. The Balaban J connectivity index is 1.24. The molecule has 1 saturated heterocycles. The van der Waals surface area contributed by atoms with Crippen LogP contribution >= 0.6 is 0 Å². The minimum absolute atomic E-state index is 0.158. The van der Waals surface area contributed by atoms with E-state index in [0.717, 1.165) is 49.7 Å². The van der Waals surface area contributed by atoms with Gasteiger partial charge in [-0.2, -0.15) is 0 Å². The van der Waals surface area contributed by atoms with Gasteiger partial charge in [0.25, 0.3) is 5.91 Å². The van der Waals surface area contributed by atoms with E-state index in [2.05, 4.69) is 31.5 Å². The summed E-state index contributed by atoms with van der Waals surface area (Å²) < 4.78 is 2.02. The van der Waals surface area contributed by atoms with Crippen molar-refractivity contribution in [3.63, 3.8) is 0 Å². The van der Waals surface area contributed by atoms with Gasteiger partial charge in [0, 0.05) is 45.3 Å². The molecule has 0 aliphatic carbocycles. The lowest BCUT2D eigenvalue weighted by Crippen LogP contribution is -2.32. The standard InChI is InChI=1S/C22H24N6O/c29-22(24-11-16-6-2-1-3-7-16)21-26-25-20-10-17-12-27(13-18(17)14-28(20)21)15-19-8-4-5-9-23-19/h1-9,17-18H,10-15H2,(H,24,29)/t17-,18-/m0/s1. The minimum atomic E-state index is -0.158. The van der Waals surface area contributed by atoms with Crippen LogP contribution in [0, 0.1) is 11.8 Å². The molecule has 2 aliphatic rings. The van der Waals surface area contributed by atoms with Gasteiger partial charge in [-0.15, -0.1) is 10.2 Å². The predicted octanol–water partition coefficient (Wildman–Crippen LogP) is 1.91. The lowest BCUT2D eigenvalue weighted by molar-refractivity contribution is 0.0932. The van der Waals surface area contributed by atoms with Gasteiger partial charge in [-0.3, -0.25) is 14.7 Å². The van der Waals surface area contributed by atoms with Crippen LogP contribution in [0.4, 0.5) is 0 Å². The van der Waals surface area contributed by atoms with Gasteiger partial charge in [0.15, 0.2) is 0 Å². The first-order valence-electron chi connectivity index (χ1n) is 10.1. The first kappa shape index (κ1) is 18.0. The Kier molecular flexibility index (Phi) is 4.81. The van der Waals surface area contributed by atoms with Gasteiger partial charge < -0.3 is 9.88 Å². The fourth-order valence-electron chi connectivity index (χ4n) is 4.50. The zero-order valence-corrected chi connectivity index (χ0v) is 16.2. The number of carbonyl (C=O) groups is 1. The van der Waals surface area contributed by atoms with Gasteiger partial charge in [0.2, 0.25) is 5.82 Å². The summed E-state index contributed by atoms with van der Waals surface area (Å²) in [4.78, 5) is 19.6. The molecule has 1 aromatic carbocycles. The van der Waals surface area contributed by atoms with E-state index in [1.165, 1.54) is 0 Å². The molecule has 0 saturated carbocycles. The summed E-state index contributed by atoms with van der Waals surface area (Å²) in [7, 11) is 0. The van der Waals surface area contributed by atoms with Crippen molar-refractivity contribution in [1.82, 2.24) is 30.0 Å². The smallest absolute Gasteiger partial charge is 0.289 e. The van der Waals surface area contributed by atoms with Crippen molar-refractivity contribution in [3.05, 3.63) is 77.6 Å². The van der Waals surface area contributed by atoms with E-state index in [1.807, 2.05) is 53.2 Å². The van der Waals surface area contributed by atoms with Crippen LogP contribution in [0.15, 0.2) is 54.7 Å². The van der Waals surface area contributed by atoms with Crippen molar-refractivity contribution in [2.24, 2.45) is 11.8 Å². The second kappa shape index (κ2) is 7.75. The first-order chi connectivity index (χ1) is 14.3. The second-order valence-electron chi connectivity index (χ2n) is 7.96. The molecule has 0 radical (unpaired) electrons. The van der Waals surface area contributed by atoms with Crippen molar-refractivity contribution in [2.75, 3.05) is 13.1 Å². The summed E-state index contributed by atoms with van der Waals surface area (Å²) in [5, 5.41) is 11.5. The normalized spacial score (nSPS) is 20.8. The fraction of sp³-hybridized carbons (Fsp3) is 0.364. The maximum atomic E-state index is 12.7. The number of fused-ring (bicyclic) bond motifs is 2. The van der Waals surface area contributed by atoms with E-state index in [4.69, 9.17) is 0 Å². The lowest BCUT2D eigenvalue weighted by atomic mass is 9.89. The van der Waals surface area contributed by atoms with E-state index < -0.39 is 0 Å². The molecule has 3 aromatic rings. The molecule has 4 heterocycles. The third kappa shape index (κ3) is 3.78. The Bertz CT molecular complexity index is 987. The molecular weight excluding hydrogens is 364 g/mol. The lowest BCUT2D eigenvalue weighted by Gasteiger charge is -2.25. The highest BCUT2D eigenvalue weighted by Gasteiger charge is 2.39. The van der Waals surface area contributed by atoms with Gasteiger partial charge in [-0.05, 0) is 29.5 Å². The first-order valence-corrected chi connectivity index (χ1v) is 10.1. The SMILES string of the molecule is O=C(NCc1ccccc1)c1nnc2n1C[C@@H]1CN(Cc3ccccn3)C[C@@H]1C2. The molecule has 1 amide bonds. The highest BCUT2D eigenvalue weighted by Crippen LogP contribution is 2.33. The molecular formula is C22H24N6O. The Morgan fingerprint density at radius 2 is 1.83 bits per heavy atom. The van der Waals surface area contributed by atoms with Crippen LogP contribution in [0.25, 0.3) is 0 Å². The van der Waals surface area contributed by atoms with Crippen molar-refractivity contribution >= 4 is 5.91 Å². The average Bonchev–Trinajstić information content (AvgIpc) is 3.34. The van der Waals surface area contributed by atoms with Crippen LogP contribution < -0.4 is 5.32 Å². The molecule has 7 heteroatoms. The summed E-state index contributed by atoms with van der Waals surface area (Å²) in [5.74, 6) is 2.28. The number of benzene rings is 1. The number of pyridine rings is 1. The summed E-state index contributed by atoms with van der Waals surface area (Å²) in [5.41, 5.74) is 2.17. The molecule has 1 N–H and O–H groups in total. The van der Waals surface area contributed by atoms with Gasteiger partial charge in [0.1, 0.15) is 5.82 Å². The molecule has 2 aliphatic heterocycles. The topological polar surface area (TPSA) is 75.9 Å². The number of rotatable bonds is 5. The number of amides is 1. The third-order valence-corrected chi connectivity index (χ3v) is 5.95. The van der Waals surface area contributed by atoms with Crippen LogP contribution in [0.5, 0.6) is 0 Å². The number of nitrogens with zero attached hydrogens (tertiary/aromatic N) is 5. The van der Waals surface area contributed by atoms with Crippen LogP contribution in [0.2, 0.25) is 0 Å². The molecule has 5 rings (SSSR count). The van der Waals surface area contributed by atoms with E-state index >= 15 is 0 Å². The molecule has 2 atom stereocenters. The van der Waals surface area contributed by atoms with Crippen molar-refractivity contribution in [2.45, 2.75) is 26.1 Å². The minimum Gasteiger partial charge on any atom is -0.345 e. The third-order valence-electron chi connectivity index (χ3n) is 5.95. The zero-order valence-electron chi connectivity index (χ0n) is 16.2. The zero-order chi connectivity index (χ0) is 19.6. The van der Waals surface area contributed by atoms with Gasteiger partial charge in [-0.25, -0.2) is 0 Å². The van der Waals surface area contributed by atoms with E-state index in [-0.39, 0.29) is 5.91 Å². The second-order valence-corrected chi connectivity index (χ2v) is 7.96. The summed E-state index contributed by atoms with van der Waals surface area (Å²) in [6.07, 6.45) is 2.72. The fourth-order valence-corrected chi connectivity index (χ4v) is 4.50. The summed E-state index contributed by atoms with van der Waals surface area (Å²) in [6, 6.07) is 16.0. The maximum absolute atomic E-state index is 12.7. The maximum Gasteiger partial charge on any atom is 0.289 e. The number of hydrogen-bond donors (Lipinski definition) is 1. The van der Waals surface area contributed by atoms with Gasteiger partial charge in [0.05, 0.1) is 5.69 Å². The Labute approximate surface area is 169 Å². The van der Waals surface area contributed by atoms with E-state index in [9.17, 15) is 4.79 Å². The largest absolute Gasteiger partial charge is 0.345 e. The highest BCUT2D eigenvalue weighted by atomic mass is 16.2. The Hall–Kier alpha value is -3.06. The number of hydrogen-bond acceptors (Lipinski definition) is 5. The quantitative estimate of drug-likeness (QED) is 0.723. The van der Waals surface area contributed by atoms with Crippen molar-refractivity contribution in [1.29, 1.82) is 0 Å². The van der Waals surface area contributed by atoms with E-state index in [1.54, 1.807) is 0 Å². The summed E-state index contributed by atoms with van der Waals surface area (Å²) in [6.45, 7) is 4.23. The van der Waals surface area contributed by atoms with E-state index in [0.29, 0.717) is 24.2 Å². The van der Waals surface area contributed by atoms with Crippen molar-refractivity contribution < 1.29 is 4.79 Å². The molecule has 0 bridgehead atoms.